The number of allylic oxidation sites excluding steroid dienone is 3. The third kappa shape index (κ3) is 5.90. The predicted molar refractivity (Wildman–Crippen MR) is 200 cm³/mol. The van der Waals surface area contributed by atoms with Crippen molar-refractivity contribution >= 4 is 47.6 Å². The summed E-state index contributed by atoms with van der Waals surface area (Å²) in [7, 11) is 1.24. The summed E-state index contributed by atoms with van der Waals surface area (Å²) in [6, 6.07) is 0. The van der Waals surface area contributed by atoms with Crippen molar-refractivity contribution in [3.05, 3.63) is 102 Å². The Labute approximate surface area is 298 Å². The van der Waals surface area contributed by atoms with Crippen molar-refractivity contribution in [1.29, 1.82) is 0 Å². The first kappa shape index (κ1) is 35.6. The highest BCUT2D eigenvalue weighted by atomic mass is 16.5. The lowest BCUT2D eigenvalue weighted by Crippen LogP contribution is -2.25. The maximum absolute atomic E-state index is 14.5. The number of nitrogens with one attached hydrogen (secondary N) is 3. The molecule has 3 atom stereocenters. The van der Waals surface area contributed by atoms with Gasteiger partial charge >= 0.3 is 11.9 Å². The molecule has 0 aromatic carbocycles. The number of nitrogens with zero attached hydrogens (tertiary/aromatic N) is 1. The number of aromatic nitrogens is 3. The standard InChI is InChI=1S/C41H47N4O6/c1-10-20(4)15-16-51-34(46)14-13-27-23(7)30-17-28-21(5)25(11-2)31(42-28)18-29-22(6)26(12-3)32(43-29)19-33-24(8)35-39(45(33)49)36(38(27)44-30)37(40(35)47)41(48)50-9/h11,15,17-19,23,27,37,42-44H,2,10,12-14,16H2,1,3-9H3/q-1/b20-15+,29-18-,30-17-,32-19-,38-36-/t23-,27-,37+/m0/s1. The fourth-order valence-corrected chi connectivity index (χ4v) is 7.87. The van der Waals surface area contributed by atoms with E-state index in [1.54, 1.807) is 13.0 Å². The maximum Gasteiger partial charge on any atom is 0.321 e. The molecule has 3 N–H and O–H groups in total. The number of ketones is 1. The molecule has 3 aromatic rings. The second-order valence-corrected chi connectivity index (χ2v) is 13.8. The van der Waals surface area contributed by atoms with Gasteiger partial charge in [-0.25, -0.2) is 0 Å². The number of carbonyl (C=O) groups excluding carboxylic acids is 3. The number of hydrogen-bond acceptors (Lipinski definition) is 7. The zero-order valence-corrected chi connectivity index (χ0v) is 30.8. The van der Waals surface area contributed by atoms with E-state index in [9.17, 15) is 19.6 Å². The Morgan fingerprint density at radius 2 is 1.78 bits per heavy atom. The summed E-state index contributed by atoms with van der Waals surface area (Å²) < 4.78 is 11.5. The zero-order valence-electron chi connectivity index (χ0n) is 30.8. The third-order valence-corrected chi connectivity index (χ3v) is 11.1. The number of aromatic amines is 2. The van der Waals surface area contributed by atoms with Crippen molar-refractivity contribution in [3.8, 4) is 0 Å². The molecule has 268 valence electrons. The SMILES string of the molecule is C=Cc1c2[nH]c(c1C)/C=C1\N/C(=C3\c4c(c(C)c(n4[O-])/C=c4\[nH]/c(c(C)c4CC)=C\2)C(=O)[C@@H]3C(=O)OC)[C@@H](CCC(=O)OC/C=C(\C)CC)[C@@H]1C. The quantitative estimate of drug-likeness (QED) is 0.145. The fraction of sp³-hybridized carbons (Fsp3) is 0.390. The highest BCUT2D eigenvalue weighted by Crippen LogP contribution is 2.49. The van der Waals surface area contributed by atoms with E-state index in [4.69, 9.17) is 9.47 Å². The number of H-pyrrole nitrogens is 2. The van der Waals surface area contributed by atoms with E-state index in [0.29, 0.717) is 28.9 Å². The molecule has 0 saturated carbocycles. The van der Waals surface area contributed by atoms with Gasteiger partial charge in [-0.2, -0.15) is 0 Å². The first-order valence-electron chi connectivity index (χ1n) is 17.7. The van der Waals surface area contributed by atoms with Crippen molar-refractivity contribution in [3.63, 3.8) is 0 Å². The van der Waals surface area contributed by atoms with E-state index in [0.717, 1.165) is 73.2 Å². The average Bonchev–Trinajstić information content (AvgIpc) is 3.84. The minimum atomic E-state index is -1.33. The van der Waals surface area contributed by atoms with Crippen molar-refractivity contribution in [2.75, 3.05) is 13.7 Å². The third-order valence-electron chi connectivity index (χ3n) is 11.1. The minimum Gasteiger partial charge on any atom is -0.805 e. The van der Waals surface area contributed by atoms with Crippen LogP contribution in [0.2, 0.25) is 0 Å². The van der Waals surface area contributed by atoms with Crippen LogP contribution in [-0.4, -0.2) is 46.1 Å². The van der Waals surface area contributed by atoms with Crippen molar-refractivity contribution in [2.24, 2.45) is 17.8 Å². The molecular formula is C41H47N4O6-. The van der Waals surface area contributed by atoms with Gasteiger partial charge < -0.3 is 34.7 Å². The summed E-state index contributed by atoms with van der Waals surface area (Å²) in [4.78, 5) is 47.8. The highest BCUT2D eigenvalue weighted by Gasteiger charge is 2.49. The van der Waals surface area contributed by atoms with E-state index >= 15 is 0 Å². The number of hydrogen-bond donors (Lipinski definition) is 3. The summed E-state index contributed by atoms with van der Waals surface area (Å²) in [5, 5.41) is 19.7. The second kappa shape index (κ2) is 13.8. The Hall–Kier alpha value is -5.25. The first-order chi connectivity index (χ1) is 24.4. The zero-order chi connectivity index (χ0) is 36.9. The van der Waals surface area contributed by atoms with Crippen LogP contribution in [0, 0.1) is 43.7 Å². The summed E-state index contributed by atoms with van der Waals surface area (Å²) in [5.41, 5.74) is 9.83. The molecule has 3 aromatic heterocycles. The van der Waals surface area contributed by atoms with E-state index in [1.807, 2.05) is 45.9 Å². The molecule has 6 rings (SSSR count). The Kier molecular flexibility index (Phi) is 9.63. The normalized spacial score (nSPS) is 23.1. The van der Waals surface area contributed by atoms with Gasteiger partial charge in [0, 0.05) is 74.1 Å². The van der Waals surface area contributed by atoms with Crippen LogP contribution in [0.25, 0.3) is 29.9 Å². The van der Waals surface area contributed by atoms with Gasteiger partial charge in [0.1, 0.15) is 12.5 Å². The van der Waals surface area contributed by atoms with Crippen LogP contribution in [0.1, 0.15) is 108 Å². The van der Waals surface area contributed by atoms with Gasteiger partial charge in [-0.15, -0.1) is 0 Å². The van der Waals surface area contributed by atoms with E-state index in [1.165, 1.54) is 7.11 Å². The second-order valence-electron chi connectivity index (χ2n) is 13.8. The average molecular weight is 692 g/mol. The molecule has 2 aliphatic heterocycles. The van der Waals surface area contributed by atoms with Crippen LogP contribution in [0.4, 0.5) is 0 Å². The van der Waals surface area contributed by atoms with Gasteiger partial charge in [0.15, 0.2) is 5.78 Å². The van der Waals surface area contributed by atoms with E-state index in [2.05, 4.69) is 41.8 Å². The molecule has 3 aliphatic rings. The number of carbonyl (C=O) groups is 3. The molecule has 0 spiro atoms. The van der Waals surface area contributed by atoms with E-state index in [-0.39, 0.29) is 42.1 Å². The molecule has 1 fully saturated rings. The lowest BCUT2D eigenvalue weighted by molar-refractivity contribution is -0.143. The molecule has 1 aliphatic carbocycles. The van der Waals surface area contributed by atoms with Crippen LogP contribution < -0.4 is 16.0 Å². The molecule has 10 heteroatoms. The lowest BCUT2D eigenvalue weighted by Gasteiger charge is -2.23. The van der Waals surface area contributed by atoms with Gasteiger partial charge in [-0.3, -0.25) is 14.4 Å². The Morgan fingerprint density at radius 1 is 1.04 bits per heavy atom. The van der Waals surface area contributed by atoms with Gasteiger partial charge in [0.05, 0.1) is 12.8 Å². The number of rotatable bonds is 9. The predicted octanol–water partition coefficient (Wildman–Crippen LogP) is 5.86. The highest BCUT2D eigenvalue weighted by molar-refractivity contribution is 6.24. The van der Waals surface area contributed by atoms with Gasteiger partial charge in [0.25, 0.3) is 0 Å². The smallest absolute Gasteiger partial charge is 0.321 e. The minimum absolute atomic E-state index is 0.106. The summed E-state index contributed by atoms with van der Waals surface area (Å²) in [5.74, 6) is -3.42. The molecular weight excluding hydrogens is 644 g/mol. The molecule has 0 unspecified atom stereocenters. The number of fused-ring (bicyclic) bond motifs is 7. The molecule has 10 nitrogen and oxygen atoms in total. The largest absolute Gasteiger partial charge is 0.805 e. The molecule has 1 saturated heterocycles. The number of esters is 2. The first-order valence-corrected chi connectivity index (χ1v) is 17.7. The van der Waals surface area contributed by atoms with Crippen LogP contribution >= 0.6 is 0 Å². The van der Waals surface area contributed by atoms with Crippen molar-refractivity contribution in [2.45, 2.75) is 74.1 Å². The van der Waals surface area contributed by atoms with Crippen molar-refractivity contribution in [1.82, 2.24) is 20.0 Å². The van der Waals surface area contributed by atoms with Gasteiger partial charge in [-0.05, 0) is 93.5 Å². The lowest BCUT2D eigenvalue weighted by atomic mass is 9.85. The number of ether oxygens (including phenoxy) is 2. The Morgan fingerprint density at radius 3 is 2.45 bits per heavy atom. The number of methoxy groups -OCH3 is 1. The summed E-state index contributed by atoms with van der Waals surface area (Å²) in [6.45, 7) is 18.3. The summed E-state index contributed by atoms with van der Waals surface area (Å²) >= 11 is 0. The number of Topliss-reactive ketones (excluding diaryl/α,β-unsaturated/α-hetero) is 1. The molecule has 51 heavy (non-hydrogen) atoms. The molecule has 5 heterocycles. The van der Waals surface area contributed by atoms with Crippen LogP contribution in [0.5, 0.6) is 0 Å². The van der Waals surface area contributed by atoms with Crippen LogP contribution in [-0.2, 0) is 25.5 Å². The molecule has 0 radical (unpaired) electrons. The van der Waals surface area contributed by atoms with Gasteiger partial charge in [0.2, 0.25) is 0 Å². The maximum atomic E-state index is 14.5. The van der Waals surface area contributed by atoms with Crippen molar-refractivity contribution < 1.29 is 23.9 Å². The van der Waals surface area contributed by atoms with Crippen LogP contribution in [0.3, 0.4) is 0 Å². The van der Waals surface area contributed by atoms with Crippen LogP contribution in [0.15, 0.2) is 29.6 Å². The van der Waals surface area contributed by atoms with E-state index < -0.39 is 17.7 Å². The fourth-order valence-electron chi connectivity index (χ4n) is 7.87. The molecule has 0 amide bonds. The monoisotopic (exact) mass is 691 g/mol. The summed E-state index contributed by atoms with van der Waals surface area (Å²) in [6.07, 6.45) is 11.7. The Balaban J connectivity index is 1.63. The molecule has 8 bridgehead atoms. The Bertz CT molecular complexity index is 2200. The van der Waals surface area contributed by atoms with Gasteiger partial charge in [-0.1, -0.05) is 39.0 Å². The topological polar surface area (TPSA) is 141 Å².